The Balaban J connectivity index is 3.22. The summed E-state index contributed by atoms with van der Waals surface area (Å²) in [5, 5.41) is 10.6. The third-order valence-corrected chi connectivity index (χ3v) is 2.46. The summed E-state index contributed by atoms with van der Waals surface area (Å²) < 4.78 is 15.4. The molecule has 0 saturated heterocycles. The van der Waals surface area contributed by atoms with Gasteiger partial charge in [-0.3, -0.25) is 0 Å². The van der Waals surface area contributed by atoms with Crippen molar-refractivity contribution in [2.24, 2.45) is 0 Å². The maximum absolute atomic E-state index is 8.62. The van der Waals surface area contributed by atoms with E-state index in [0.717, 1.165) is 11.8 Å². The number of nitrogens with zero attached hydrogens (tertiary/aromatic N) is 1. The molecule has 0 atom stereocenters. The largest absolute Gasteiger partial charge is 0.495 e. The Morgan fingerprint density at radius 2 is 1.53 bits per heavy atom. The molecule has 0 heterocycles. The summed E-state index contributed by atoms with van der Waals surface area (Å²) in [5.41, 5.74) is 0. The smallest absolute Gasteiger partial charge is 0.164 e. The molecule has 0 fully saturated rings. The molecule has 0 bridgehead atoms. The number of nitriles is 1. The van der Waals surface area contributed by atoms with E-state index in [-0.39, 0.29) is 0 Å². The molecule has 0 unspecified atom stereocenters. The van der Waals surface area contributed by atoms with Crippen LogP contribution < -0.4 is 14.2 Å². The van der Waals surface area contributed by atoms with Crippen LogP contribution >= 0.6 is 11.8 Å². The van der Waals surface area contributed by atoms with Crippen molar-refractivity contribution in [1.82, 2.24) is 0 Å². The highest BCUT2D eigenvalue weighted by molar-refractivity contribution is 8.03. The highest BCUT2D eigenvalue weighted by atomic mass is 32.2. The molecule has 1 aromatic carbocycles. The predicted molar refractivity (Wildman–Crippen MR) is 57.6 cm³/mol. The second kappa shape index (κ2) is 5.37. The minimum absolute atomic E-state index is 0.580. The van der Waals surface area contributed by atoms with Crippen molar-refractivity contribution < 1.29 is 14.2 Å². The van der Waals surface area contributed by atoms with Gasteiger partial charge >= 0.3 is 0 Å². The lowest BCUT2D eigenvalue weighted by Crippen LogP contribution is -1.93. The predicted octanol–water partition coefficient (Wildman–Crippen LogP) is 2.29. The van der Waals surface area contributed by atoms with Gasteiger partial charge in [0.15, 0.2) is 11.5 Å². The average molecular weight is 225 g/mol. The molecular weight excluding hydrogens is 214 g/mol. The zero-order valence-electron chi connectivity index (χ0n) is 8.73. The van der Waals surface area contributed by atoms with Gasteiger partial charge in [0.05, 0.1) is 26.2 Å². The lowest BCUT2D eigenvalue weighted by atomic mass is 10.3. The molecular formula is C10H11NO3S. The normalized spacial score (nSPS) is 9.20. The summed E-state index contributed by atoms with van der Waals surface area (Å²) in [6.07, 6.45) is 0. The Labute approximate surface area is 92.7 Å². The maximum atomic E-state index is 8.62. The third kappa shape index (κ3) is 2.48. The van der Waals surface area contributed by atoms with E-state index >= 15 is 0 Å². The Morgan fingerprint density at radius 3 is 2.00 bits per heavy atom. The van der Waals surface area contributed by atoms with Crippen LogP contribution in [0.25, 0.3) is 0 Å². The molecule has 1 aromatic rings. The highest BCUT2D eigenvalue weighted by Crippen LogP contribution is 2.39. The molecule has 0 aliphatic carbocycles. The fourth-order valence-electron chi connectivity index (χ4n) is 1.13. The van der Waals surface area contributed by atoms with Gasteiger partial charge in [-0.2, -0.15) is 5.26 Å². The fraction of sp³-hybridized carbons (Fsp3) is 0.300. The Hall–Kier alpha value is -1.54. The van der Waals surface area contributed by atoms with Gasteiger partial charge in [-0.25, -0.2) is 0 Å². The van der Waals surface area contributed by atoms with Crippen LogP contribution in [0.3, 0.4) is 0 Å². The number of hydrogen-bond donors (Lipinski definition) is 0. The van der Waals surface area contributed by atoms with Crippen LogP contribution in [0, 0.1) is 10.7 Å². The molecule has 1 rings (SSSR count). The molecule has 0 aliphatic rings. The molecule has 0 aliphatic heterocycles. The minimum Gasteiger partial charge on any atom is -0.495 e. The molecule has 0 amide bonds. The minimum atomic E-state index is 0.580. The average Bonchev–Trinajstić information content (AvgIpc) is 2.28. The molecule has 15 heavy (non-hydrogen) atoms. The zero-order chi connectivity index (χ0) is 11.3. The van der Waals surface area contributed by atoms with E-state index in [4.69, 9.17) is 19.5 Å². The molecule has 0 N–H and O–H groups in total. The Morgan fingerprint density at radius 1 is 1.00 bits per heavy atom. The van der Waals surface area contributed by atoms with Crippen LogP contribution in [-0.2, 0) is 0 Å². The van der Waals surface area contributed by atoms with E-state index in [1.165, 1.54) is 0 Å². The van der Waals surface area contributed by atoms with E-state index in [1.54, 1.807) is 33.5 Å². The first-order valence-electron chi connectivity index (χ1n) is 4.12. The Kier molecular flexibility index (Phi) is 4.13. The topological polar surface area (TPSA) is 51.5 Å². The molecule has 80 valence electrons. The van der Waals surface area contributed by atoms with Gasteiger partial charge in [-0.1, -0.05) is 0 Å². The van der Waals surface area contributed by atoms with E-state index in [0.29, 0.717) is 22.1 Å². The summed E-state index contributed by atoms with van der Waals surface area (Å²) in [4.78, 5) is 0.706. The number of methoxy groups -OCH3 is 3. The van der Waals surface area contributed by atoms with Crippen LogP contribution in [0.4, 0.5) is 0 Å². The lowest BCUT2D eigenvalue weighted by molar-refractivity contribution is 0.345. The van der Waals surface area contributed by atoms with Crippen molar-refractivity contribution in [3.63, 3.8) is 0 Å². The van der Waals surface area contributed by atoms with Crippen molar-refractivity contribution in [3.8, 4) is 22.6 Å². The molecule has 0 spiro atoms. The molecule has 5 heteroatoms. The highest BCUT2D eigenvalue weighted by Gasteiger charge is 2.11. The van der Waals surface area contributed by atoms with Gasteiger partial charge in [0.25, 0.3) is 0 Å². The van der Waals surface area contributed by atoms with Gasteiger partial charge in [0.1, 0.15) is 11.2 Å². The number of benzene rings is 1. The van der Waals surface area contributed by atoms with Crippen LogP contribution in [0.1, 0.15) is 0 Å². The maximum Gasteiger partial charge on any atom is 0.164 e. The lowest BCUT2D eigenvalue weighted by Gasteiger charge is -2.11. The summed E-state index contributed by atoms with van der Waals surface area (Å²) in [6.45, 7) is 0. The van der Waals surface area contributed by atoms with E-state index < -0.39 is 0 Å². The number of thiocyanates is 1. The van der Waals surface area contributed by atoms with Gasteiger partial charge in [-0.15, -0.1) is 0 Å². The molecule has 0 aromatic heterocycles. The van der Waals surface area contributed by atoms with Crippen LogP contribution in [-0.4, -0.2) is 21.3 Å². The number of rotatable bonds is 4. The monoisotopic (exact) mass is 225 g/mol. The number of thioether (sulfide) groups is 1. The quantitative estimate of drug-likeness (QED) is 0.581. The van der Waals surface area contributed by atoms with Gasteiger partial charge in [-0.05, 0) is 11.8 Å². The first kappa shape index (κ1) is 11.5. The van der Waals surface area contributed by atoms with Gasteiger partial charge < -0.3 is 14.2 Å². The first-order chi connectivity index (χ1) is 7.26. The van der Waals surface area contributed by atoms with Gasteiger partial charge in [0.2, 0.25) is 0 Å². The fourth-order valence-corrected chi connectivity index (χ4v) is 1.64. The van der Waals surface area contributed by atoms with Crippen molar-refractivity contribution in [1.29, 1.82) is 5.26 Å². The standard InChI is InChI=1S/C10H11NO3S/c1-12-7-4-9(14-3)10(15-6-11)5-8(7)13-2/h4-5H,1-3H3. The molecule has 0 saturated carbocycles. The summed E-state index contributed by atoms with van der Waals surface area (Å²) >= 11 is 1.02. The SMILES string of the molecule is COc1cc(OC)c(SC#N)cc1OC. The Bertz CT molecular complexity index is 387. The van der Waals surface area contributed by atoms with E-state index in [9.17, 15) is 0 Å². The number of ether oxygens (including phenoxy) is 3. The van der Waals surface area contributed by atoms with Crippen molar-refractivity contribution in [2.45, 2.75) is 4.90 Å². The van der Waals surface area contributed by atoms with Crippen LogP contribution in [0.5, 0.6) is 17.2 Å². The first-order valence-corrected chi connectivity index (χ1v) is 4.94. The van der Waals surface area contributed by atoms with E-state index in [2.05, 4.69) is 0 Å². The molecule has 0 radical (unpaired) electrons. The second-order valence-electron chi connectivity index (χ2n) is 2.55. The van der Waals surface area contributed by atoms with Crippen molar-refractivity contribution >= 4 is 11.8 Å². The van der Waals surface area contributed by atoms with Gasteiger partial charge in [0, 0.05) is 12.1 Å². The third-order valence-electron chi connectivity index (χ3n) is 1.83. The van der Waals surface area contributed by atoms with Crippen LogP contribution in [0.2, 0.25) is 0 Å². The number of hydrogen-bond acceptors (Lipinski definition) is 5. The van der Waals surface area contributed by atoms with Crippen LogP contribution in [0.15, 0.2) is 17.0 Å². The molecule has 4 nitrogen and oxygen atoms in total. The second-order valence-corrected chi connectivity index (χ2v) is 3.38. The zero-order valence-corrected chi connectivity index (χ0v) is 9.55. The van der Waals surface area contributed by atoms with Crippen molar-refractivity contribution in [2.75, 3.05) is 21.3 Å². The van der Waals surface area contributed by atoms with E-state index in [1.807, 2.05) is 5.40 Å². The summed E-state index contributed by atoms with van der Waals surface area (Å²) in [6, 6.07) is 3.41. The van der Waals surface area contributed by atoms with Crippen molar-refractivity contribution in [3.05, 3.63) is 12.1 Å². The summed E-state index contributed by atoms with van der Waals surface area (Å²) in [7, 11) is 4.64. The summed E-state index contributed by atoms with van der Waals surface area (Å²) in [5.74, 6) is 1.76.